The van der Waals surface area contributed by atoms with Crippen molar-refractivity contribution in [1.29, 1.82) is 0 Å². The maximum atomic E-state index is 13.0. The minimum absolute atomic E-state index is 0.0274. The van der Waals surface area contributed by atoms with Crippen molar-refractivity contribution >= 4 is 21.4 Å². The Kier molecular flexibility index (Phi) is 5.14. The third kappa shape index (κ3) is 4.92. The minimum atomic E-state index is -3.13. The van der Waals surface area contributed by atoms with Crippen LogP contribution in [0.15, 0.2) is 18.2 Å². The number of carbonyl (C=O) groups is 1. The van der Waals surface area contributed by atoms with Crippen LogP contribution in [-0.4, -0.2) is 37.8 Å². The fourth-order valence-electron chi connectivity index (χ4n) is 1.48. The molecule has 0 aliphatic rings. The van der Waals surface area contributed by atoms with E-state index in [0.717, 1.165) is 24.5 Å². The summed E-state index contributed by atoms with van der Waals surface area (Å²) in [5, 5.41) is 13.0. The molecule has 0 unspecified atom stereocenters. The number of nitrogens with zero attached hydrogens (tertiary/aromatic N) is 1. The van der Waals surface area contributed by atoms with Crippen molar-refractivity contribution in [2.24, 2.45) is 0 Å². The summed E-state index contributed by atoms with van der Waals surface area (Å²) in [7, 11) is -3.13. The first-order chi connectivity index (χ1) is 9.20. The molecule has 1 amide bonds. The summed E-state index contributed by atoms with van der Waals surface area (Å²) in [5.41, 5.74) is -0.902. The van der Waals surface area contributed by atoms with E-state index in [9.17, 15) is 27.7 Å². The Bertz CT molecular complexity index is 630. The van der Waals surface area contributed by atoms with Crippen LogP contribution < -0.4 is 5.32 Å². The number of nitrogens with one attached hydrogen (secondary N) is 1. The molecule has 0 spiro atoms. The third-order valence-corrected chi connectivity index (χ3v) is 3.41. The van der Waals surface area contributed by atoms with E-state index in [0.29, 0.717) is 0 Å². The second-order valence-corrected chi connectivity index (χ2v) is 6.42. The first kappa shape index (κ1) is 16.0. The molecular weight excluding hydrogens is 291 g/mol. The lowest BCUT2D eigenvalue weighted by Crippen LogP contribution is -2.26. The SMILES string of the molecule is CS(=O)(=O)CCCNC(=O)c1cc(F)ccc1[N+](=O)[O-]. The zero-order valence-corrected chi connectivity index (χ0v) is 11.4. The van der Waals surface area contributed by atoms with E-state index in [4.69, 9.17) is 0 Å². The molecule has 1 N–H and O–H groups in total. The van der Waals surface area contributed by atoms with E-state index in [1.807, 2.05) is 0 Å². The highest BCUT2D eigenvalue weighted by Crippen LogP contribution is 2.19. The van der Waals surface area contributed by atoms with Gasteiger partial charge in [-0.1, -0.05) is 0 Å². The van der Waals surface area contributed by atoms with Gasteiger partial charge in [-0.3, -0.25) is 14.9 Å². The highest BCUT2D eigenvalue weighted by molar-refractivity contribution is 7.90. The summed E-state index contributed by atoms with van der Waals surface area (Å²) >= 11 is 0. The molecule has 0 aliphatic carbocycles. The largest absolute Gasteiger partial charge is 0.352 e. The molecule has 9 heteroatoms. The second kappa shape index (κ2) is 6.42. The normalized spacial score (nSPS) is 11.1. The van der Waals surface area contributed by atoms with Gasteiger partial charge in [-0.05, 0) is 18.6 Å². The molecule has 1 aromatic rings. The summed E-state index contributed by atoms with van der Waals surface area (Å²) in [6.07, 6.45) is 1.24. The Hall–Kier alpha value is -2.03. The van der Waals surface area contributed by atoms with Gasteiger partial charge in [0.25, 0.3) is 11.6 Å². The van der Waals surface area contributed by atoms with Crippen LogP contribution in [0, 0.1) is 15.9 Å². The number of nitro benzene ring substituents is 1. The number of rotatable bonds is 6. The number of amides is 1. The Labute approximate surface area is 114 Å². The number of hydrogen-bond acceptors (Lipinski definition) is 5. The molecule has 1 aromatic carbocycles. The monoisotopic (exact) mass is 304 g/mol. The van der Waals surface area contributed by atoms with Crippen LogP contribution in [0.1, 0.15) is 16.8 Å². The predicted octanol–water partition coefficient (Wildman–Crippen LogP) is 0.898. The lowest BCUT2D eigenvalue weighted by molar-refractivity contribution is -0.385. The van der Waals surface area contributed by atoms with Gasteiger partial charge in [0, 0.05) is 18.9 Å². The molecule has 0 saturated heterocycles. The maximum absolute atomic E-state index is 13.0. The van der Waals surface area contributed by atoms with Crippen LogP contribution in [0.3, 0.4) is 0 Å². The van der Waals surface area contributed by atoms with Crippen molar-refractivity contribution in [1.82, 2.24) is 5.32 Å². The number of halogens is 1. The van der Waals surface area contributed by atoms with Gasteiger partial charge in [0.05, 0.1) is 10.7 Å². The van der Waals surface area contributed by atoms with Gasteiger partial charge in [0.1, 0.15) is 21.2 Å². The molecule has 0 saturated carbocycles. The van der Waals surface area contributed by atoms with E-state index < -0.39 is 37.7 Å². The molecule has 110 valence electrons. The zero-order valence-electron chi connectivity index (χ0n) is 10.6. The summed E-state index contributed by atoms with van der Waals surface area (Å²) in [4.78, 5) is 21.7. The molecule has 20 heavy (non-hydrogen) atoms. The van der Waals surface area contributed by atoms with E-state index in [2.05, 4.69) is 5.32 Å². The summed E-state index contributed by atoms with van der Waals surface area (Å²) in [5.74, 6) is -1.69. The topological polar surface area (TPSA) is 106 Å². The molecule has 0 aromatic heterocycles. The predicted molar refractivity (Wildman–Crippen MR) is 69.7 cm³/mol. The number of sulfone groups is 1. The fraction of sp³-hybridized carbons (Fsp3) is 0.364. The highest BCUT2D eigenvalue weighted by atomic mass is 32.2. The van der Waals surface area contributed by atoms with Gasteiger partial charge in [-0.15, -0.1) is 0 Å². The average Bonchev–Trinajstić information content (AvgIpc) is 2.32. The zero-order chi connectivity index (χ0) is 15.3. The van der Waals surface area contributed by atoms with E-state index in [-0.39, 0.29) is 18.7 Å². The maximum Gasteiger partial charge on any atom is 0.282 e. The lowest BCUT2D eigenvalue weighted by atomic mass is 10.1. The quantitative estimate of drug-likeness (QED) is 0.477. The van der Waals surface area contributed by atoms with Crippen LogP contribution in [-0.2, 0) is 9.84 Å². The van der Waals surface area contributed by atoms with Gasteiger partial charge < -0.3 is 5.32 Å². The van der Waals surface area contributed by atoms with Crippen LogP contribution >= 0.6 is 0 Å². The first-order valence-electron chi connectivity index (χ1n) is 5.60. The first-order valence-corrected chi connectivity index (χ1v) is 7.66. The van der Waals surface area contributed by atoms with E-state index in [1.165, 1.54) is 0 Å². The molecule has 1 rings (SSSR count). The summed E-state index contributed by atoms with van der Waals surface area (Å²) in [6.45, 7) is 0.0274. The number of carbonyl (C=O) groups excluding carboxylic acids is 1. The van der Waals surface area contributed by atoms with E-state index >= 15 is 0 Å². The Balaban J connectivity index is 2.72. The van der Waals surface area contributed by atoms with Crippen LogP contribution in [0.25, 0.3) is 0 Å². The molecule has 0 heterocycles. The lowest BCUT2D eigenvalue weighted by Gasteiger charge is -2.05. The van der Waals surface area contributed by atoms with Gasteiger partial charge >= 0.3 is 0 Å². The van der Waals surface area contributed by atoms with Crippen molar-refractivity contribution in [2.75, 3.05) is 18.6 Å². The van der Waals surface area contributed by atoms with Gasteiger partial charge in [-0.2, -0.15) is 0 Å². The molecule has 0 radical (unpaired) electrons. The fourth-order valence-corrected chi connectivity index (χ4v) is 2.15. The molecule has 0 bridgehead atoms. The Morgan fingerprint density at radius 3 is 2.65 bits per heavy atom. The van der Waals surface area contributed by atoms with Crippen molar-refractivity contribution in [3.63, 3.8) is 0 Å². The highest BCUT2D eigenvalue weighted by Gasteiger charge is 2.20. The summed E-state index contributed by atoms with van der Waals surface area (Å²) in [6, 6.07) is 2.56. The smallest absolute Gasteiger partial charge is 0.282 e. The second-order valence-electron chi connectivity index (χ2n) is 4.16. The van der Waals surface area contributed by atoms with Crippen molar-refractivity contribution in [3.05, 3.63) is 39.7 Å². The van der Waals surface area contributed by atoms with E-state index in [1.54, 1.807) is 0 Å². The number of benzene rings is 1. The Morgan fingerprint density at radius 1 is 1.45 bits per heavy atom. The molecular formula is C11H13FN2O5S. The van der Waals surface area contributed by atoms with Gasteiger partial charge in [-0.25, -0.2) is 12.8 Å². The number of hydrogen-bond donors (Lipinski definition) is 1. The summed E-state index contributed by atoms with van der Waals surface area (Å²) < 4.78 is 34.8. The molecule has 0 fully saturated rings. The third-order valence-electron chi connectivity index (χ3n) is 2.38. The minimum Gasteiger partial charge on any atom is -0.352 e. The standard InChI is InChI=1S/C11H13FN2O5S/c1-20(18,19)6-2-5-13-11(15)9-7-8(12)3-4-10(9)14(16)17/h3-4,7H,2,5-6H2,1H3,(H,13,15). The van der Waals surface area contributed by atoms with Crippen molar-refractivity contribution in [2.45, 2.75) is 6.42 Å². The van der Waals surface area contributed by atoms with Crippen LogP contribution in [0.4, 0.5) is 10.1 Å². The average molecular weight is 304 g/mol. The molecule has 0 aliphatic heterocycles. The molecule has 0 atom stereocenters. The van der Waals surface area contributed by atoms with Crippen molar-refractivity contribution < 1.29 is 22.5 Å². The number of nitro groups is 1. The van der Waals surface area contributed by atoms with Gasteiger partial charge in [0.15, 0.2) is 0 Å². The van der Waals surface area contributed by atoms with Crippen LogP contribution in [0.5, 0.6) is 0 Å². The molecule has 7 nitrogen and oxygen atoms in total. The van der Waals surface area contributed by atoms with Crippen molar-refractivity contribution in [3.8, 4) is 0 Å². The Morgan fingerprint density at radius 2 is 2.10 bits per heavy atom. The van der Waals surface area contributed by atoms with Crippen LogP contribution in [0.2, 0.25) is 0 Å². The van der Waals surface area contributed by atoms with Gasteiger partial charge in [0.2, 0.25) is 0 Å².